The third kappa shape index (κ3) is 3.32. The lowest BCUT2D eigenvalue weighted by atomic mass is 10.2. The zero-order valence-corrected chi connectivity index (χ0v) is 9.90. The van der Waals surface area contributed by atoms with Crippen LogP contribution < -0.4 is 5.32 Å². The van der Waals surface area contributed by atoms with Crippen LogP contribution in [-0.4, -0.2) is 17.3 Å². The molecule has 0 bridgehead atoms. The molecule has 4 heteroatoms. The van der Waals surface area contributed by atoms with Crippen LogP contribution in [0, 0.1) is 0 Å². The fourth-order valence-electron chi connectivity index (χ4n) is 1.48. The number of rotatable bonds is 4. The van der Waals surface area contributed by atoms with Crippen molar-refractivity contribution in [2.45, 2.75) is 19.1 Å². The van der Waals surface area contributed by atoms with Gasteiger partial charge in [-0.2, -0.15) is 0 Å². The maximum atomic E-state index is 5.18. The number of hydrogen-bond acceptors (Lipinski definition) is 3. The molecule has 15 heavy (non-hydrogen) atoms. The van der Waals surface area contributed by atoms with E-state index in [0.29, 0.717) is 0 Å². The van der Waals surface area contributed by atoms with Crippen molar-refractivity contribution in [3.05, 3.63) is 35.9 Å². The molecule has 1 atom stereocenters. The molecule has 1 aliphatic heterocycles. The Labute approximate surface area is 97.6 Å². The minimum atomic E-state index is 0.170. The predicted octanol–water partition coefficient (Wildman–Crippen LogP) is 2.27. The lowest BCUT2D eigenvalue weighted by Crippen LogP contribution is -2.26. The second-order valence-corrected chi connectivity index (χ2v) is 4.43. The fourth-order valence-corrected chi connectivity index (χ4v) is 1.92. The van der Waals surface area contributed by atoms with Gasteiger partial charge in [0.2, 0.25) is 0 Å². The van der Waals surface area contributed by atoms with Crippen molar-refractivity contribution < 1.29 is 4.84 Å². The van der Waals surface area contributed by atoms with Crippen molar-refractivity contribution in [2.75, 3.05) is 6.54 Å². The molecule has 0 radical (unpaired) electrons. The fraction of sp³-hybridized carbons (Fsp3) is 0.364. The van der Waals surface area contributed by atoms with Gasteiger partial charge in [0.1, 0.15) is 10.7 Å². The van der Waals surface area contributed by atoms with E-state index < -0.39 is 0 Å². The first-order valence-corrected chi connectivity index (χ1v) is 5.77. The van der Waals surface area contributed by atoms with E-state index in [1.807, 2.05) is 18.2 Å². The van der Waals surface area contributed by atoms with E-state index >= 15 is 0 Å². The monoisotopic (exact) mass is 268 g/mol. The highest BCUT2D eigenvalue weighted by Crippen LogP contribution is 2.13. The lowest BCUT2D eigenvalue weighted by molar-refractivity contribution is 0.0849. The largest absolute Gasteiger partial charge is 0.390 e. The quantitative estimate of drug-likeness (QED) is 0.909. The molecule has 1 heterocycles. The van der Waals surface area contributed by atoms with E-state index in [-0.39, 0.29) is 6.10 Å². The van der Waals surface area contributed by atoms with Crippen LogP contribution in [-0.2, 0) is 11.4 Å². The summed E-state index contributed by atoms with van der Waals surface area (Å²) in [6.07, 6.45) is 1.03. The Bertz CT molecular complexity index is 340. The van der Waals surface area contributed by atoms with E-state index in [9.17, 15) is 0 Å². The summed E-state index contributed by atoms with van der Waals surface area (Å²) in [4.78, 5) is 5.18. The maximum Gasteiger partial charge on any atom is 0.146 e. The molecule has 0 spiro atoms. The van der Waals surface area contributed by atoms with Crippen LogP contribution in [0.25, 0.3) is 0 Å². The average Bonchev–Trinajstić information content (AvgIpc) is 2.66. The Morgan fingerprint density at radius 3 is 2.87 bits per heavy atom. The third-order valence-electron chi connectivity index (χ3n) is 2.24. The first kappa shape index (κ1) is 10.6. The van der Waals surface area contributed by atoms with Crippen molar-refractivity contribution in [1.82, 2.24) is 5.32 Å². The van der Waals surface area contributed by atoms with Gasteiger partial charge in [0.05, 0.1) is 0 Å². The lowest BCUT2D eigenvalue weighted by Gasteiger charge is -2.09. The summed E-state index contributed by atoms with van der Waals surface area (Å²) < 4.78 is 0.897. The van der Waals surface area contributed by atoms with Gasteiger partial charge in [-0.1, -0.05) is 35.5 Å². The van der Waals surface area contributed by atoms with Crippen molar-refractivity contribution >= 4 is 20.6 Å². The number of halogens is 1. The predicted molar refractivity (Wildman–Crippen MR) is 64.0 cm³/mol. The van der Waals surface area contributed by atoms with Crippen LogP contribution in [0.5, 0.6) is 0 Å². The molecule has 80 valence electrons. The number of nitrogens with zero attached hydrogens (tertiary/aromatic N) is 1. The molecule has 0 amide bonds. The average molecular weight is 269 g/mol. The van der Waals surface area contributed by atoms with Crippen molar-refractivity contribution in [1.29, 1.82) is 0 Å². The molecule has 1 aliphatic rings. The Morgan fingerprint density at radius 2 is 2.20 bits per heavy atom. The highest BCUT2D eigenvalue weighted by atomic mass is 79.9. The molecule has 1 N–H and O–H groups in total. The van der Waals surface area contributed by atoms with Gasteiger partial charge >= 0.3 is 0 Å². The molecule has 3 nitrogen and oxygen atoms in total. The van der Waals surface area contributed by atoms with Gasteiger partial charge in [-0.15, -0.1) is 0 Å². The van der Waals surface area contributed by atoms with Gasteiger partial charge in [0.25, 0.3) is 0 Å². The van der Waals surface area contributed by atoms with Crippen LogP contribution in [0.3, 0.4) is 0 Å². The van der Waals surface area contributed by atoms with Gasteiger partial charge in [0, 0.05) is 19.5 Å². The maximum absolute atomic E-state index is 5.18. The Morgan fingerprint density at radius 1 is 1.40 bits per heavy atom. The smallest absolute Gasteiger partial charge is 0.146 e. The summed E-state index contributed by atoms with van der Waals surface area (Å²) in [5.74, 6) is 0. The van der Waals surface area contributed by atoms with E-state index in [1.165, 1.54) is 5.56 Å². The standard InChI is InChI=1S/C11H13BrN2O/c12-11-6-10(15-14-11)8-13-7-9-4-2-1-3-5-9/h1-5,10,13H,6-8H2. The summed E-state index contributed by atoms with van der Waals surface area (Å²) in [5, 5.41) is 7.18. The Hall–Kier alpha value is -0.870. The molecule has 0 saturated carbocycles. The zero-order valence-electron chi connectivity index (χ0n) is 8.32. The van der Waals surface area contributed by atoms with Crippen LogP contribution in [0.1, 0.15) is 12.0 Å². The SMILES string of the molecule is BrC1=NOC(CNCc2ccccc2)C1. The summed E-state index contributed by atoms with van der Waals surface area (Å²) >= 11 is 3.31. The topological polar surface area (TPSA) is 33.6 Å². The van der Waals surface area contributed by atoms with Crippen molar-refractivity contribution in [3.8, 4) is 0 Å². The van der Waals surface area contributed by atoms with E-state index in [2.05, 4.69) is 38.5 Å². The van der Waals surface area contributed by atoms with E-state index in [0.717, 1.165) is 24.1 Å². The molecule has 1 aromatic rings. The van der Waals surface area contributed by atoms with E-state index in [1.54, 1.807) is 0 Å². The summed E-state index contributed by atoms with van der Waals surface area (Å²) in [6, 6.07) is 10.3. The van der Waals surface area contributed by atoms with Crippen molar-refractivity contribution in [2.24, 2.45) is 5.16 Å². The highest BCUT2D eigenvalue weighted by molar-refractivity contribution is 9.18. The van der Waals surface area contributed by atoms with Gasteiger partial charge in [-0.25, -0.2) is 0 Å². The van der Waals surface area contributed by atoms with Gasteiger partial charge < -0.3 is 10.2 Å². The van der Waals surface area contributed by atoms with Crippen LogP contribution in [0.15, 0.2) is 35.5 Å². The van der Waals surface area contributed by atoms with Gasteiger partial charge in [-0.05, 0) is 21.5 Å². The second-order valence-electron chi connectivity index (χ2n) is 3.52. The minimum absolute atomic E-state index is 0.170. The second kappa shape index (κ2) is 5.28. The Kier molecular flexibility index (Phi) is 3.75. The minimum Gasteiger partial charge on any atom is -0.390 e. The number of nitrogens with one attached hydrogen (secondary N) is 1. The molecule has 0 fully saturated rings. The highest BCUT2D eigenvalue weighted by Gasteiger charge is 2.18. The summed E-state index contributed by atoms with van der Waals surface area (Å²) in [5.41, 5.74) is 1.29. The Balaban J connectivity index is 1.68. The molecular weight excluding hydrogens is 256 g/mol. The first-order chi connectivity index (χ1) is 7.34. The number of hydrogen-bond donors (Lipinski definition) is 1. The normalized spacial score (nSPS) is 19.8. The molecule has 0 aromatic heterocycles. The molecule has 1 unspecified atom stereocenters. The summed E-state index contributed by atoms with van der Waals surface area (Å²) in [7, 11) is 0. The van der Waals surface area contributed by atoms with E-state index in [4.69, 9.17) is 4.84 Å². The number of oxime groups is 1. The van der Waals surface area contributed by atoms with Gasteiger partial charge in [0.15, 0.2) is 0 Å². The molecule has 0 aliphatic carbocycles. The van der Waals surface area contributed by atoms with Gasteiger partial charge in [-0.3, -0.25) is 0 Å². The molecule has 2 rings (SSSR count). The molecule has 1 aromatic carbocycles. The summed E-state index contributed by atoms with van der Waals surface area (Å²) in [6.45, 7) is 1.70. The first-order valence-electron chi connectivity index (χ1n) is 4.97. The molecular formula is C11H13BrN2O. The van der Waals surface area contributed by atoms with Crippen LogP contribution in [0.4, 0.5) is 0 Å². The van der Waals surface area contributed by atoms with Crippen LogP contribution >= 0.6 is 15.9 Å². The number of benzene rings is 1. The van der Waals surface area contributed by atoms with Crippen molar-refractivity contribution in [3.63, 3.8) is 0 Å². The molecule has 0 saturated heterocycles. The zero-order chi connectivity index (χ0) is 10.5. The van der Waals surface area contributed by atoms with Crippen LogP contribution in [0.2, 0.25) is 0 Å². The third-order valence-corrected chi connectivity index (χ3v) is 2.71.